The lowest BCUT2D eigenvalue weighted by atomic mass is 10.1. The molecule has 19 heavy (non-hydrogen) atoms. The van der Waals surface area contributed by atoms with Crippen LogP contribution in [0.3, 0.4) is 0 Å². The molecule has 0 bridgehead atoms. The molecule has 0 aliphatic carbocycles. The van der Waals surface area contributed by atoms with Gasteiger partial charge in [-0.25, -0.2) is 4.39 Å². The van der Waals surface area contributed by atoms with E-state index in [1.165, 1.54) is 6.07 Å². The molecule has 0 aliphatic heterocycles. The van der Waals surface area contributed by atoms with Crippen molar-refractivity contribution in [2.24, 2.45) is 0 Å². The fourth-order valence-corrected chi connectivity index (χ4v) is 1.92. The highest BCUT2D eigenvalue weighted by Gasteiger charge is 2.17. The van der Waals surface area contributed by atoms with Crippen molar-refractivity contribution in [3.63, 3.8) is 0 Å². The van der Waals surface area contributed by atoms with E-state index in [4.69, 9.17) is 0 Å². The lowest BCUT2D eigenvalue weighted by Crippen LogP contribution is -2.36. The monoisotopic (exact) mass is 266 g/mol. The third-order valence-corrected chi connectivity index (χ3v) is 3.52. The van der Waals surface area contributed by atoms with Crippen molar-refractivity contribution in [3.8, 4) is 0 Å². The highest BCUT2D eigenvalue weighted by Crippen LogP contribution is 2.25. The van der Waals surface area contributed by atoms with Gasteiger partial charge in [0, 0.05) is 36.4 Å². The van der Waals surface area contributed by atoms with Gasteiger partial charge in [-0.1, -0.05) is 13.0 Å². The number of hydrogen-bond acceptors (Lipinski definition) is 2. The van der Waals surface area contributed by atoms with Crippen LogP contribution in [0, 0.1) is 5.82 Å². The number of rotatable bonds is 5. The van der Waals surface area contributed by atoms with E-state index >= 15 is 0 Å². The van der Waals surface area contributed by atoms with E-state index in [1.54, 1.807) is 6.07 Å². The van der Waals surface area contributed by atoms with E-state index in [9.17, 15) is 4.39 Å². The Bertz CT molecular complexity index is 410. The van der Waals surface area contributed by atoms with Gasteiger partial charge >= 0.3 is 0 Å². The third-order valence-electron chi connectivity index (χ3n) is 3.52. The van der Waals surface area contributed by atoms with E-state index < -0.39 is 0 Å². The first kappa shape index (κ1) is 16.0. The molecule has 0 spiro atoms. The first-order chi connectivity index (χ1) is 8.76. The van der Waals surface area contributed by atoms with Crippen molar-refractivity contribution in [2.75, 3.05) is 11.9 Å². The molecular weight excluding hydrogens is 239 g/mol. The highest BCUT2D eigenvalue weighted by molar-refractivity contribution is 5.54. The molecule has 0 fully saturated rings. The molecule has 108 valence electrons. The summed E-state index contributed by atoms with van der Waals surface area (Å²) in [6.07, 6.45) is 1.04. The largest absolute Gasteiger partial charge is 0.372 e. The minimum absolute atomic E-state index is 0.0193. The van der Waals surface area contributed by atoms with Crippen LogP contribution in [-0.2, 0) is 6.54 Å². The standard InChI is InChI=1S/C16H27FN2/c1-7-12(2)19(6)15-10-8-9-14(17)13(15)11-18-16(3,4)5/h8-10,12,18H,7,11H2,1-6H3. The number of hydrogen-bond donors (Lipinski definition) is 1. The van der Waals surface area contributed by atoms with Crippen LogP contribution in [0.15, 0.2) is 18.2 Å². The quantitative estimate of drug-likeness (QED) is 0.868. The molecule has 0 radical (unpaired) electrons. The fraction of sp³-hybridized carbons (Fsp3) is 0.625. The van der Waals surface area contributed by atoms with Crippen LogP contribution in [0.4, 0.5) is 10.1 Å². The Hall–Kier alpha value is -1.09. The van der Waals surface area contributed by atoms with E-state index in [0.717, 1.165) is 17.7 Å². The van der Waals surface area contributed by atoms with Crippen molar-refractivity contribution >= 4 is 5.69 Å². The first-order valence-electron chi connectivity index (χ1n) is 7.01. The molecule has 0 heterocycles. The molecule has 0 aromatic heterocycles. The Morgan fingerprint density at radius 1 is 1.32 bits per heavy atom. The number of benzene rings is 1. The smallest absolute Gasteiger partial charge is 0.129 e. The summed E-state index contributed by atoms with van der Waals surface area (Å²) in [6.45, 7) is 11.1. The summed E-state index contributed by atoms with van der Waals surface area (Å²) in [7, 11) is 2.03. The van der Waals surface area contributed by atoms with Gasteiger partial charge in [0.15, 0.2) is 0 Å². The summed E-state index contributed by atoms with van der Waals surface area (Å²) >= 11 is 0. The van der Waals surface area contributed by atoms with Gasteiger partial charge in [-0.05, 0) is 46.2 Å². The summed E-state index contributed by atoms with van der Waals surface area (Å²) in [6, 6.07) is 5.71. The predicted molar refractivity (Wildman–Crippen MR) is 81.1 cm³/mol. The van der Waals surface area contributed by atoms with Crippen LogP contribution in [-0.4, -0.2) is 18.6 Å². The second-order valence-corrected chi connectivity index (χ2v) is 6.21. The first-order valence-corrected chi connectivity index (χ1v) is 7.01. The molecule has 3 heteroatoms. The summed E-state index contributed by atoms with van der Waals surface area (Å²) in [4.78, 5) is 2.16. The zero-order valence-electron chi connectivity index (χ0n) is 13.0. The second-order valence-electron chi connectivity index (χ2n) is 6.21. The molecule has 1 atom stereocenters. The van der Waals surface area contributed by atoms with Gasteiger partial charge in [0.2, 0.25) is 0 Å². The maximum absolute atomic E-state index is 14.1. The maximum atomic E-state index is 14.1. The van der Waals surface area contributed by atoms with Crippen molar-refractivity contribution < 1.29 is 4.39 Å². The van der Waals surface area contributed by atoms with Gasteiger partial charge in [0.1, 0.15) is 5.82 Å². The van der Waals surface area contributed by atoms with Gasteiger partial charge in [-0.2, -0.15) is 0 Å². The molecule has 1 unspecified atom stereocenters. The highest BCUT2D eigenvalue weighted by atomic mass is 19.1. The number of nitrogens with one attached hydrogen (secondary N) is 1. The number of nitrogens with zero attached hydrogens (tertiary/aromatic N) is 1. The van der Waals surface area contributed by atoms with E-state index in [2.05, 4.69) is 44.8 Å². The topological polar surface area (TPSA) is 15.3 Å². The lowest BCUT2D eigenvalue weighted by molar-refractivity contribution is 0.418. The van der Waals surface area contributed by atoms with Crippen LogP contribution in [0.5, 0.6) is 0 Å². The molecule has 1 aromatic rings. The molecule has 0 amide bonds. The minimum atomic E-state index is -0.135. The summed E-state index contributed by atoms with van der Waals surface area (Å²) in [5.74, 6) is -0.135. The fourth-order valence-electron chi connectivity index (χ4n) is 1.92. The average Bonchev–Trinajstić information content (AvgIpc) is 2.34. The Kier molecular flexibility index (Phi) is 5.36. The lowest BCUT2D eigenvalue weighted by Gasteiger charge is -2.29. The molecular formula is C16H27FN2. The molecule has 0 aliphatic rings. The van der Waals surface area contributed by atoms with Crippen molar-refractivity contribution in [2.45, 2.75) is 59.2 Å². The Morgan fingerprint density at radius 3 is 2.47 bits per heavy atom. The van der Waals surface area contributed by atoms with Crippen molar-refractivity contribution in [3.05, 3.63) is 29.6 Å². The SMILES string of the molecule is CCC(C)N(C)c1cccc(F)c1CNC(C)(C)C. The van der Waals surface area contributed by atoms with Gasteiger partial charge in [-0.15, -0.1) is 0 Å². The predicted octanol–water partition coefficient (Wildman–Crippen LogP) is 3.95. The third kappa shape index (κ3) is 4.50. The maximum Gasteiger partial charge on any atom is 0.129 e. The number of anilines is 1. The van der Waals surface area contributed by atoms with E-state index in [-0.39, 0.29) is 11.4 Å². The molecule has 0 saturated carbocycles. The zero-order valence-corrected chi connectivity index (χ0v) is 13.0. The van der Waals surface area contributed by atoms with Crippen LogP contribution >= 0.6 is 0 Å². The normalized spacial score (nSPS) is 13.4. The number of halogens is 1. The second kappa shape index (κ2) is 6.38. The molecule has 1 N–H and O–H groups in total. The van der Waals surface area contributed by atoms with Crippen LogP contribution in [0.25, 0.3) is 0 Å². The van der Waals surface area contributed by atoms with Gasteiger partial charge < -0.3 is 10.2 Å². The Balaban J connectivity index is 3.01. The molecule has 0 saturated heterocycles. The van der Waals surface area contributed by atoms with Gasteiger partial charge in [0.05, 0.1) is 0 Å². The Morgan fingerprint density at radius 2 is 1.95 bits per heavy atom. The van der Waals surface area contributed by atoms with Crippen LogP contribution in [0.2, 0.25) is 0 Å². The minimum Gasteiger partial charge on any atom is -0.372 e. The van der Waals surface area contributed by atoms with Gasteiger partial charge in [-0.3, -0.25) is 0 Å². The summed E-state index contributed by atoms with van der Waals surface area (Å²) in [5, 5.41) is 3.36. The van der Waals surface area contributed by atoms with Gasteiger partial charge in [0.25, 0.3) is 0 Å². The molecule has 1 rings (SSSR count). The van der Waals surface area contributed by atoms with Crippen LogP contribution < -0.4 is 10.2 Å². The summed E-state index contributed by atoms with van der Waals surface area (Å²) < 4.78 is 14.1. The Labute approximate surface area is 117 Å². The zero-order chi connectivity index (χ0) is 14.6. The molecule has 1 aromatic carbocycles. The van der Waals surface area contributed by atoms with Crippen LogP contribution in [0.1, 0.15) is 46.6 Å². The van der Waals surface area contributed by atoms with E-state index in [0.29, 0.717) is 12.6 Å². The summed E-state index contributed by atoms with van der Waals surface area (Å²) in [5.41, 5.74) is 1.71. The van der Waals surface area contributed by atoms with E-state index in [1.807, 2.05) is 13.1 Å². The van der Waals surface area contributed by atoms with Crippen molar-refractivity contribution in [1.29, 1.82) is 0 Å². The average molecular weight is 266 g/mol. The van der Waals surface area contributed by atoms with Crippen molar-refractivity contribution in [1.82, 2.24) is 5.32 Å². The molecule has 2 nitrogen and oxygen atoms in total.